The Morgan fingerprint density at radius 2 is 1.89 bits per heavy atom. The van der Waals surface area contributed by atoms with Crippen LogP contribution in [-0.2, 0) is 11.3 Å². The predicted molar refractivity (Wildman–Crippen MR) is 114 cm³/mol. The molecule has 146 valence electrons. The van der Waals surface area contributed by atoms with Crippen LogP contribution in [-0.4, -0.2) is 24.4 Å². The van der Waals surface area contributed by atoms with E-state index in [2.05, 4.69) is 54.1 Å². The molecule has 0 saturated carbocycles. The maximum Gasteiger partial charge on any atom is 0.190 e. The van der Waals surface area contributed by atoms with Gasteiger partial charge in [-0.25, -0.2) is 4.99 Å². The summed E-state index contributed by atoms with van der Waals surface area (Å²) in [6.07, 6.45) is 2.50. The number of aryl methyl sites for hydroxylation is 2. The van der Waals surface area contributed by atoms with Gasteiger partial charge in [0.25, 0.3) is 0 Å². The average molecular weight is 395 g/mol. The van der Waals surface area contributed by atoms with Crippen LogP contribution in [0.1, 0.15) is 24.0 Å². The van der Waals surface area contributed by atoms with Gasteiger partial charge in [-0.3, -0.25) is 0 Å². The van der Waals surface area contributed by atoms with E-state index in [4.69, 9.17) is 14.5 Å². The number of hydrogen-bond donors (Lipinski definition) is 0. The molecule has 0 N–H and O–H groups in total. The van der Waals surface area contributed by atoms with Crippen molar-refractivity contribution in [2.75, 3.05) is 13.7 Å². The van der Waals surface area contributed by atoms with E-state index in [-0.39, 0.29) is 6.10 Å². The smallest absolute Gasteiger partial charge is 0.190 e. The Kier molecular flexibility index (Phi) is 5.64. The summed E-state index contributed by atoms with van der Waals surface area (Å²) in [6, 6.07) is 14.7. The lowest BCUT2D eigenvalue weighted by Crippen LogP contribution is -2.24. The fourth-order valence-corrected chi connectivity index (χ4v) is 4.64. The SMILES string of the molecule is COc1ccc(-c2csc(=Nc3cc(C)cc(C)c3)n2CC2CCCO2)cc1. The summed E-state index contributed by atoms with van der Waals surface area (Å²) < 4.78 is 13.5. The highest BCUT2D eigenvalue weighted by Crippen LogP contribution is 2.25. The van der Waals surface area contributed by atoms with Crippen molar-refractivity contribution in [3.8, 4) is 17.0 Å². The summed E-state index contributed by atoms with van der Waals surface area (Å²) in [5, 5.41) is 2.19. The molecule has 2 aromatic carbocycles. The second-order valence-electron chi connectivity index (χ2n) is 7.34. The Bertz CT molecular complexity index is 992. The summed E-state index contributed by atoms with van der Waals surface area (Å²) >= 11 is 1.68. The molecule has 3 aromatic rings. The van der Waals surface area contributed by atoms with Gasteiger partial charge in [-0.2, -0.15) is 0 Å². The number of ether oxygens (including phenoxy) is 2. The third-order valence-electron chi connectivity index (χ3n) is 5.02. The van der Waals surface area contributed by atoms with E-state index >= 15 is 0 Å². The van der Waals surface area contributed by atoms with Crippen LogP contribution in [0.4, 0.5) is 5.69 Å². The van der Waals surface area contributed by atoms with Crippen molar-refractivity contribution >= 4 is 17.0 Å². The third-order valence-corrected chi connectivity index (χ3v) is 5.89. The first-order chi connectivity index (χ1) is 13.6. The summed E-state index contributed by atoms with van der Waals surface area (Å²) in [6.45, 7) is 5.92. The average Bonchev–Trinajstić information content (AvgIpc) is 3.32. The molecule has 0 amide bonds. The first kappa shape index (κ1) is 19.0. The molecule has 28 heavy (non-hydrogen) atoms. The van der Waals surface area contributed by atoms with Crippen molar-refractivity contribution in [1.82, 2.24) is 4.57 Å². The molecule has 0 bridgehead atoms. The molecule has 1 atom stereocenters. The van der Waals surface area contributed by atoms with E-state index in [1.165, 1.54) is 16.8 Å². The van der Waals surface area contributed by atoms with Gasteiger partial charge in [0.15, 0.2) is 4.80 Å². The standard InChI is InChI=1S/C23H26N2O2S/c1-16-11-17(2)13-19(12-16)24-23-25(14-21-5-4-10-27-21)22(15-28-23)18-6-8-20(26-3)9-7-18/h6-9,11-13,15,21H,4-5,10,14H2,1-3H3. The molecule has 5 heteroatoms. The molecule has 4 nitrogen and oxygen atoms in total. The molecule has 1 aromatic heterocycles. The normalized spacial score (nSPS) is 17.2. The van der Waals surface area contributed by atoms with E-state index < -0.39 is 0 Å². The van der Waals surface area contributed by atoms with Crippen molar-refractivity contribution in [2.24, 2.45) is 4.99 Å². The van der Waals surface area contributed by atoms with Crippen molar-refractivity contribution < 1.29 is 9.47 Å². The number of rotatable bonds is 5. The maximum atomic E-state index is 5.92. The van der Waals surface area contributed by atoms with Gasteiger partial charge in [-0.15, -0.1) is 11.3 Å². The Labute approximate surface area is 170 Å². The van der Waals surface area contributed by atoms with Crippen LogP contribution < -0.4 is 9.54 Å². The zero-order valence-electron chi connectivity index (χ0n) is 16.6. The number of aromatic nitrogens is 1. The fourth-order valence-electron chi connectivity index (χ4n) is 3.71. The molecule has 0 aliphatic carbocycles. The minimum atomic E-state index is 0.254. The Morgan fingerprint density at radius 3 is 2.54 bits per heavy atom. The van der Waals surface area contributed by atoms with Crippen molar-refractivity contribution in [2.45, 2.75) is 39.3 Å². The van der Waals surface area contributed by atoms with Crippen LogP contribution >= 0.6 is 11.3 Å². The van der Waals surface area contributed by atoms with Crippen LogP contribution in [0.15, 0.2) is 52.8 Å². The highest BCUT2D eigenvalue weighted by molar-refractivity contribution is 7.07. The largest absolute Gasteiger partial charge is 0.497 e. The molecule has 1 fully saturated rings. The van der Waals surface area contributed by atoms with Gasteiger partial charge >= 0.3 is 0 Å². The van der Waals surface area contributed by atoms with Gasteiger partial charge in [0.2, 0.25) is 0 Å². The molecule has 1 aliphatic heterocycles. The van der Waals surface area contributed by atoms with Crippen LogP contribution in [0, 0.1) is 13.8 Å². The molecule has 1 unspecified atom stereocenters. The zero-order chi connectivity index (χ0) is 19.5. The zero-order valence-corrected chi connectivity index (χ0v) is 17.5. The highest BCUT2D eigenvalue weighted by atomic mass is 32.1. The maximum absolute atomic E-state index is 5.92. The van der Waals surface area contributed by atoms with E-state index in [9.17, 15) is 0 Å². The molecule has 1 saturated heterocycles. The van der Waals surface area contributed by atoms with Crippen molar-refractivity contribution in [3.63, 3.8) is 0 Å². The van der Waals surface area contributed by atoms with Crippen molar-refractivity contribution in [3.05, 3.63) is 63.8 Å². The molecular formula is C23H26N2O2S. The molecule has 0 spiro atoms. The minimum Gasteiger partial charge on any atom is -0.497 e. The second-order valence-corrected chi connectivity index (χ2v) is 8.17. The number of thiazole rings is 1. The topological polar surface area (TPSA) is 35.8 Å². The first-order valence-corrected chi connectivity index (χ1v) is 10.6. The monoisotopic (exact) mass is 394 g/mol. The van der Waals surface area contributed by atoms with E-state index in [1.807, 2.05) is 12.1 Å². The van der Waals surface area contributed by atoms with Gasteiger partial charge in [0.05, 0.1) is 31.1 Å². The number of nitrogens with zero attached hydrogens (tertiary/aromatic N) is 2. The van der Waals surface area contributed by atoms with Gasteiger partial charge in [0.1, 0.15) is 5.75 Å². The summed E-state index contributed by atoms with van der Waals surface area (Å²) in [5.74, 6) is 0.866. The fraction of sp³-hybridized carbons (Fsp3) is 0.348. The van der Waals surface area contributed by atoms with Crippen LogP contribution in [0.25, 0.3) is 11.3 Å². The Balaban J connectivity index is 1.78. The van der Waals surface area contributed by atoms with Gasteiger partial charge < -0.3 is 14.0 Å². The number of benzene rings is 2. The molecule has 2 heterocycles. The molecule has 4 rings (SSSR count). The minimum absolute atomic E-state index is 0.254. The van der Waals surface area contributed by atoms with Gasteiger partial charge in [0, 0.05) is 12.0 Å². The summed E-state index contributed by atoms with van der Waals surface area (Å²) in [5.41, 5.74) is 5.80. The lowest BCUT2D eigenvalue weighted by atomic mass is 10.1. The van der Waals surface area contributed by atoms with E-state index in [0.717, 1.165) is 47.8 Å². The number of methoxy groups -OCH3 is 1. The third kappa shape index (κ3) is 4.21. The van der Waals surface area contributed by atoms with E-state index in [1.54, 1.807) is 18.4 Å². The predicted octanol–water partition coefficient (Wildman–Crippen LogP) is 5.25. The lowest BCUT2D eigenvalue weighted by molar-refractivity contribution is 0.0968. The number of hydrogen-bond acceptors (Lipinski definition) is 4. The van der Waals surface area contributed by atoms with Crippen LogP contribution in [0.3, 0.4) is 0 Å². The quantitative estimate of drug-likeness (QED) is 0.592. The van der Waals surface area contributed by atoms with Gasteiger partial charge in [-0.05, 0) is 79.8 Å². The Hall–Kier alpha value is -2.37. The summed E-state index contributed by atoms with van der Waals surface area (Å²) in [7, 11) is 1.69. The van der Waals surface area contributed by atoms with Crippen LogP contribution in [0.5, 0.6) is 5.75 Å². The summed E-state index contributed by atoms with van der Waals surface area (Å²) in [4.78, 5) is 5.99. The van der Waals surface area contributed by atoms with E-state index in [0.29, 0.717) is 0 Å². The molecular weight excluding hydrogens is 368 g/mol. The lowest BCUT2D eigenvalue weighted by Gasteiger charge is -2.14. The highest BCUT2D eigenvalue weighted by Gasteiger charge is 2.19. The molecule has 0 radical (unpaired) electrons. The van der Waals surface area contributed by atoms with Crippen LogP contribution in [0.2, 0.25) is 0 Å². The molecule has 1 aliphatic rings. The van der Waals surface area contributed by atoms with Gasteiger partial charge in [-0.1, -0.05) is 6.07 Å². The first-order valence-electron chi connectivity index (χ1n) is 9.70. The van der Waals surface area contributed by atoms with Crippen molar-refractivity contribution in [1.29, 1.82) is 0 Å². The second kappa shape index (κ2) is 8.33. The Morgan fingerprint density at radius 1 is 1.14 bits per heavy atom.